The van der Waals surface area contributed by atoms with Gasteiger partial charge in [0, 0.05) is 0 Å². The van der Waals surface area contributed by atoms with Crippen molar-refractivity contribution < 1.29 is 9.53 Å². The molecule has 2 nitrogen and oxygen atoms in total. The number of hydrogen-bond acceptors (Lipinski definition) is 2. The summed E-state index contributed by atoms with van der Waals surface area (Å²) >= 11 is 0. The fraction of sp³-hybridized carbons (Fsp3) is 0.100. The molecule has 1 aromatic rings. The van der Waals surface area contributed by atoms with E-state index in [1.807, 2.05) is 24.3 Å². The third-order valence-electron chi connectivity index (χ3n) is 1.46. The summed E-state index contributed by atoms with van der Waals surface area (Å²) in [7, 11) is 1.62. The molecule has 0 bridgehead atoms. The topological polar surface area (TPSA) is 26.3 Å². The van der Waals surface area contributed by atoms with Crippen molar-refractivity contribution in [3.8, 4) is 5.75 Å². The Morgan fingerprint density at radius 1 is 1.33 bits per heavy atom. The number of carbonyl (C=O) groups excluding carboxylic acids is 1. The molecule has 0 atom stereocenters. The zero-order valence-corrected chi connectivity index (χ0v) is 6.78. The molecule has 2 heteroatoms. The van der Waals surface area contributed by atoms with E-state index in [0.717, 1.165) is 11.3 Å². The summed E-state index contributed by atoms with van der Waals surface area (Å²) in [6.45, 7) is 0. The van der Waals surface area contributed by atoms with Crippen LogP contribution in [0.5, 0.6) is 5.75 Å². The SMILES string of the molecule is COc1ccc(/C=C\[C]=O)cc1. The van der Waals surface area contributed by atoms with E-state index in [2.05, 4.69) is 0 Å². The van der Waals surface area contributed by atoms with Crippen LogP contribution in [-0.2, 0) is 4.79 Å². The lowest BCUT2D eigenvalue weighted by molar-refractivity contribution is 0.415. The number of allylic oxidation sites excluding steroid dienone is 1. The van der Waals surface area contributed by atoms with Crippen molar-refractivity contribution >= 4 is 12.4 Å². The number of methoxy groups -OCH3 is 1. The molecule has 0 aliphatic rings. The second-order valence-corrected chi connectivity index (χ2v) is 2.22. The predicted molar refractivity (Wildman–Crippen MR) is 47.7 cm³/mol. The van der Waals surface area contributed by atoms with Gasteiger partial charge in [-0.3, -0.25) is 4.79 Å². The van der Waals surface area contributed by atoms with Gasteiger partial charge in [0.2, 0.25) is 6.29 Å². The second-order valence-electron chi connectivity index (χ2n) is 2.22. The minimum absolute atomic E-state index is 0.808. The maximum Gasteiger partial charge on any atom is 0.225 e. The molecule has 0 aromatic heterocycles. The van der Waals surface area contributed by atoms with Gasteiger partial charge in [0.05, 0.1) is 7.11 Å². The van der Waals surface area contributed by atoms with Crippen molar-refractivity contribution in [1.82, 2.24) is 0 Å². The first kappa shape index (κ1) is 8.53. The van der Waals surface area contributed by atoms with Gasteiger partial charge in [-0.1, -0.05) is 18.2 Å². The summed E-state index contributed by atoms with van der Waals surface area (Å²) in [5.74, 6) is 0.808. The van der Waals surface area contributed by atoms with Gasteiger partial charge in [-0.25, -0.2) is 0 Å². The number of benzene rings is 1. The lowest BCUT2D eigenvalue weighted by Crippen LogP contribution is -1.81. The molecule has 1 rings (SSSR count). The lowest BCUT2D eigenvalue weighted by Gasteiger charge is -1.98. The standard InChI is InChI=1S/C10H9O2/c1-12-10-6-4-9(5-7-10)3-2-8-11/h2-7H,1H3/b3-2-. The van der Waals surface area contributed by atoms with E-state index in [9.17, 15) is 4.79 Å². The van der Waals surface area contributed by atoms with E-state index in [-0.39, 0.29) is 0 Å². The Hall–Kier alpha value is -1.57. The maximum atomic E-state index is 9.86. The number of ether oxygens (including phenoxy) is 1. The monoisotopic (exact) mass is 161 g/mol. The van der Waals surface area contributed by atoms with E-state index in [1.165, 1.54) is 6.08 Å². The Balaban J connectivity index is 2.77. The molecule has 0 aliphatic heterocycles. The Kier molecular flexibility index (Phi) is 3.08. The molecular formula is C10H9O2. The van der Waals surface area contributed by atoms with Crippen LogP contribution in [0, 0.1) is 0 Å². The Labute approximate surface area is 71.5 Å². The summed E-state index contributed by atoms with van der Waals surface area (Å²) < 4.78 is 4.97. The molecule has 0 saturated carbocycles. The summed E-state index contributed by atoms with van der Waals surface area (Å²) in [5, 5.41) is 0. The predicted octanol–water partition coefficient (Wildman–Crippen LogP) is 1.82. The summed E-state index contributed by atoms with van der Waals surface area (Å²) in [6, 6.07) is 7.41. The van der Waals surface area contributed by atoms with E-state index >= 15 is 0 Å². The fourth-order valence-corrected chi connectivity index (χ4v) is 0.845. The third kappa shape index (κ3) is 2.23. The zero-order chi connectivity index (χ0) is 8.81. The first-order valence-corrected chi connectivity index (χ1v) is 3.55. The van der Waals surface area contributed by atoms with Gasteiger partial charge in [0.1, 0.15) is 5.75 Å². The third-order valence-corrected chi connectivity index (χ3v) is 1.46. The van der Waals surface area contributed by atoms with Crippen molar-refractivity contribution in [3.05, 3.63) is 35.9 Å². The van der Waals surface area contributed by atoms with E-state index < -0.39 is 0 Å². The van der Waals surface area contributed by atoms with Crippen molar-refractivity contribution in [1.29, 1.82) is 0 Å². The summed E-state index contributed by atoms with van der Waals surface area (Å²) in [4.78, 5) is 9.86. The van der Waals surface area contributed by atoms with Gasteiger partial charge >= 0.3 is 0 Å². The van der Waals surface area contributed by atoms with Crippen LogP contribution in [0.2, 0.25) is 0 Å². The van der Waals surface area contributed by atoms with Crippen LogP contribution >= 0.6 is 0 Å². The first-order valence-electron chi connectivity index (χ1n) is 3.55. The smallest absolute Gasteiger partial charge is 0.225 e. The van der Waals surface area contributed by atoms with Gasteiger partial charge < -0.3 is 4.74 Å². The van der Waals surface area contributed by atoms with Crippen molar-refractivity contribution in [2.75, 3.05) is 7.11 Å². The van der Waals surface area contributed by atoms with Gasteiger partial charge in [-0.05, 0) is 23.8 Å². The van der Waals surface area contributed by atoms with Crippen LogP contribution in [0.15, 0.2) is 30.3 Å². The van der Waals surface area contributed by atoms with Gasteiger partial charge in [0.15, 0.2) is 0 Å². The molecule has 0 spiro atoms. The maximum absolute atomic E-state index is 9.86. The molecule has 61 valence electrons. The van der Waals surface area contributed by atoms with Gasteiger partial charge in [-0.15, -0.1) is 0 Å². The van der Waals surface area contributed by atoms with E-state index in [1.54, 1.807) is 19.5 Å². The Morgan fingerprint density at radius 3 is 2.50 bits per heavy atom. The van der Waals surface area contributed by atoms with E-state index in [4.69, 9.17) is 4.74 Å². The molecule has 0 fully saturated rings. The number of rotatable bonds is 3. The molecule has 0 heterocycles. The minimum Gasteiger partial charge on any atom is -0.497 e. The number of hydrogen-bond donors (Lipinski definition) is 0. The second kappa shape index (κ2) is 4.34. The minimum atomic E-state index is 0.808. The summed E-state index contributed by atoms with van der Waals surface area (Å²) in [5.41, 5.74) is 0.958. The van der Waals surface area contributed by atoms with Crippen molar-refractivity contribution in [2.24, 2.45) is 0 Å². The molecule has 1 aromatic carbocycles. The molecular weight excluding hydrogens is 152 g/mol. The van der Waals surface area contributed by atoms with Crippen LogP contribution in [0.4, 0.5) is 0 Å². The van der Waals surface area contributed by atoms with Crippen LogP contribution in [0.25, 0.3) is 6.08 Å². The van der Waals surface area contributed by atoms with Gasteiger partial charge in [-0.2, -0.15) is 0 Å². The molecule has 0 aliphatic carbocycles. The molecule has 0 saturated heterocycles. The van der Waals surface area contributed by atoms with Crippen LogP contribution in [-0.4, -0.2) is 13.4 Å². The Morgan fingerprint density at radius 2 is 2.00 bits per heavy atom. The lowest BCUT2D eigenvalue weighted by atomic mass is 10.2. The van der Waals surface area contributed by atoms with Crippen LogP contribution in [0.3, 0.4) is 0 Å². The first-order chi connectivity index (χ1) is 5.86. The average molecular weight is 161 g/mol. The quantitative estimate of drug-likeness (QED) is 0.632. The largest absolute Gasteiger partial charge is 0.497 e. The average Bonchev–Trinajstić information content (AvgIpc) is 2.15. The molecule has 1 radical (unpaired) electrons. The fourth-order valence-electron chi connectivity index (χ4n) is 0.845. The van der Waals surface area contributed by atoms with Gasteiger partial charge in [0.25, 0.3) is 0 Å². The van der Waals surface area contributed by atoms with E-state index in [0.29, 0.717) is 0 Å². The van der Waals surface area contributed by atoms with Crippen molar-refractivity contribution in [3.63, 3.8) is 0 Å². The highest BCUT2D eigenvalue weighted by molar-refractivity contribution is 5.74. The van der Waals surface area contributed by atoms with Crippen molar-refractivity contribution in [2.45, 2.75) is 0 Å². The molecule has 0 unspecified atom stereocenters. The normalized spacial score (nSPS) is 10.1. The highest BCUT2D eigenvalue weighted by atomic mass is 16.5. The summed E-state index contributed by atoms with van der Waals surface area (Å²) in [6.07, 6.45) is 4.71. The molecule has 0 N–H and O–H groups in total. The highest BCUT2D eigenvalue weighted by Gasteiger charge is 1.88. The highest BCUT2D eigenvalue weighted by Crippen LogP contribution is 2.11. The molecule has 12 heavy (non-hydrogen) atoms. The van der Waals surface area contributed by atoms with Crippen LogP contribution < -0.4 is 4.74 Å². The van der Waals surface area contributed by atoms with Crippen LogP contribution in [0.1, 0.15) is 5.56 Å². The molecule has 0 amide bonds. The Bertz CT molecular complexity index is 272. The zero-order valence-electron chi connectivity index (χ0n) is 6.78.